The molecule has 0 aliphatic carbocycles. The Kier molecular flexibility index (Phi) is 3.25. The fourth-order valence-electron chi connectivity index (χ4n) is 1.62. The molecule has 0 atom stereocenters. The number of carbonyl (C=O) groups is 1. The van der Waals surface area contributed by atoms with Crippen molar-refractivity contribution in [3.63, 3.8) is 0 Å². The molecular formula is C13H8F3NO2. The van der Waals surface area contributed by atoms with Gasteiger partial charge < -0.3 is 5.11 Å². The van der Waals surface area contributed by atoms with Crippen molar-refractivity contribution >= 4 is 5.78 Å². The quantitative estimate of drug-likeness (QED) is 0.851. The van der Waals surface area contributed by atoms with Crippen LogP contribution >= 0.6 is 0 Å². The molecule has 1 N–H and O–H groups in total. The third-order valence-electron chi connectivity index (χ3n) is 2.48. The summed E-state index contributed by atoms with van der Waals surface area (Å²) in [4.78, 5) is 15.7. The van der Waals surface area contributed by atoms with Crippen LogP contribution in [0.5, 0.6) is 5.75 Å². The number of aromatic hydroxyl groups is 1. The Balaban J connectivity index is 2.54. The van der Waals surface area contributed by atoms with Crippen LogP contribution in [0.2, 0.25) is 0 Å². The van der Waals surface area contributed by atoms with E-state index in [1.807, 2.05) is 0 Å². The highest BCUT2D eigenvalue weighted by Crippen LogP contribution is 2.35. The first-order valence-electron chi connectivity index (χ1n) is 5.24. The van der Waals surface area contributed by atoms with E-state index in [4.69, 9.17) is 5.11 Å². The van der Waals surface area contributed by atoms with Gasteiger partial charge in [-0.05, 0) is 30.3 Å². The summed E-state index contributed by atoms with van der Waals surface area (Å²) in [5.74, 6) is -1.34. The minimum atomic E-state index is -4.72. The van der Waals surface area contributed by atoms with Gasteiger partial charge in [-0.25, -0.2) is 0 Å². The van der Waals surface area contributed by atoms with E-state index in [1.54, 1.807) is 0 Å². The van der Waals surface area contributed by atoms with Crippen LogP contribution < -0.4 is 0 Å². The number of alkyl halides is 3. The maximum atomic E-state index is 12.8. The predicted octanol–water partition coefficient (Wildman–Crippen LogP) is 3.04. The molecule has 1 heterocycles. The summed E-state index contributed by atoms with van der Waals surface area (Å²) in [5.41, 5.74) is -1.63. The molecule has 98 valence electrons. The summed E-state index contributed by atoms with van der Waals surface area (Å²) in [7, 11) is 0. The Morgan fingerprint density at radius 3 is 2.53 bits per heavy atom. The standard InChI is InChI=1S/C13H8F3NO2/c14-13(15,16)11-6-9(18)3-4-10(11)12(19)8-2-1-5-17-7-8/h1-7,18H. The van der Waals surface area contributed by atoms with Gasteiger partial charge in [0.1, 0.15) is 5.75 Å². The third kappa shape index (κ3) is 2.73. The number of benzene rings is 1. The van der Waals surface area contributed by atoms with E-state index in [9.17, 15) is 18.0 Å². The van der Waals surface area contributed by atoms with Gasteiger partial charge in [-0.1, -0.05) is 0 Å². The van der Waals surface area contributed by atoms with Crippen LogP contribution in [0.4, 0.5) is 13.2 Å². The lowest BCUT2D eigenvalue weighted by Gasteiger charge is -2.12. The van der Waals surface area contributed by atoms with E-state index in [2.05, 4.69) is 4.98 Å². The molecule has 0 aliphatic rings. The number of pyridine rings is 1. The number of hydrogen-bond donors (Lipinski definition) is 1. The molecule has 6 heteroatoms. The van der Waals surface area contributed by atoms with Gasteiger partial charge in [-0.2, -0.15) is 13.2 Å². The van der Waals surface area contributed by atoms with Crippen molar-refractivity contribution in [1.29, 1.82) is 0 Å². The molecule has 0 unspecified atom stereocenters. The lowest BCUT2D eigenvalue weighted by molar-refractivity contribution is -0.138. The third-order valence-corrected chi connectivity index (χ3v) is 2.48. The second-order valence-electron chi connectivity index (χ2n) is 3.80. The molecule has 0 radical (unpaired) electrons. The summed E-state index contributed by atoms with van der Waals surface area (Å²) >= 11 is 0. The summed E-state index contributed by atoms with van der Waals surface area (Å²) in [6.07, 6.45) is -2.11. The monoisotopic (exact) mass is 267 g/mol. The zero-order valence-electron chi connectivity index (χ0n) is 9.48. The Hall–Kier alpha value is -2.37. The minimum Gasteiger partial charge on any atom is -0.508 e. The molecule has 0 amide bonds. The molecule has 0 aliphatic heterocycles. The van der Waals surface area contributed by atoms with Gasteiger partial charge in [0.2, 0.25) is 0 Å². The normalized spacial score (nSPS) is 11.3. The highest BCUT2D eigenvalue weighted by atomic mass is 19.4. The fraction of sp³-hybridized carbons (Fsp3) is 0.0769. The molecule has 2 rings (SSSR count). The number of halogens is 3. The molecular weight excluding hydrogens is 259 g/mol. The van der Waals surface area contributed by atoms with Gasteiger partial charge in [0.15, 0.2) is 5.78 Å². The van der Waals surface area contributed by atoms with Gasteiger partial charge in [0, 0.05) is 23.5 Å². The van der Waals surface area contributed by atoms with Crippen LogP contribution in [-0.4, -0.2) is 15.9 Å². The highest BCUT2D eigenvalue weighted by molar-refractivity contribution is 6.09. The Morgan fingerprint density at radius 2 is 1.95 bits per heavy atom. The number of carbonyl (C=O) groups excluding carboxylic acids is 1. The number of rotatable bonds is 2. The van der Waals surface area contributed by atoms with E-state index >= 15 is 0 Å². The number of aromatic nitrogens is 1. The number of nitrogens with zero attached hydrogens (tertiary/aromatic N) is 1. The minimum absolute atomic E-state index is 0.0543. The lowest BCUT2D eigenvalue weighted by atomic mass is 9.99. The summed E-state index contributed by atoms with van der Waals surface area (Å²) in [5, 5.41) is 9.13. The first kappa shape index (κ1) is 13.1. The molecule has 0 saturated carbocycles. The zero-order chi connectivity index (χ0) is 14.0. The van der Waals surface area contributed by atoms with E-state index in [1.165, 1.54) is 24.5 Å². The van der Waals surface area contributed by atoms with E-state index in [-0.39, 0.29) is 5.56 Å². The zero-order valence-corrected chi connectivity index (χ0v) is 9.48. The highest BCUT2D eigenvalue weighted by Gasteiger charge is 2.35. The maximum absolute atomic E-state index is 12.8. The van der Waals surface area contributed by atoms with Crippen LogP contribution in [0.1, 0.15) is 21.5 Å². The van der Waals surface area contributed by atoms with Crippen molar-refractivity contribution in [3.05, 3.63) is 59.4 Å². The summed E-state index contributed by atoms with van der Waals surface area (Å²) in [6, 6.07) is 5.36. The van der Waals surface area contributed by atoms with Gasteiger partial charge in [0.25, 0.3) is 0 Å². The average molecular weight is 267 g/mol. The molecule has 0 spiro atoms. The van der Waals surface area contributed by atoms with Crippen molar-refractivity contribution in [2.24, 2.45) is 0 Å². The van der Waals surface area contributed by atoms with Crippen molar-refractivity contribution in [1.82, 2.24) is 4.98 Å². The SMILES string of the molecule is O=C(c1cccnc1)c1ccc(O)cc1C(F)(F)F. The van der Waals surface area contributed by atoms with Crippen LogP contribution in [0.25, 0.3) is 0 Å². The summed E-state index contributed by atoms with van der Waals surface area (Å²) < 4.78 is 38.5. The molecule has 3 nitrogen and oxygen atoms in total. The maximum Gasteiger partial charge on any atom is 0.417 e. The van der Waals surface area contributed by atoms with Crippen LogP contribution in [0.15, 0.2) is 42.7 Å². The first-order valence-corrected chi connectivity index (χ1v) is 5.24. The average Bonchev–Trinajstić information content (AvgIpc) is 2.38. The molecule has 0 bridgehead atoms. The van der Waals surface area contributed by atoms with Crippen LogP contribution in [0, 0.1) is 0 Å². The van der Waals surface area contributed by atoms with E-state index < -0.39 is 28.8 Å². The molecule has 0 saturated heterocycles. The number of phenolic OH excluding ortho intramolecular Hbond substituents is 1. The van der Waals surface area contributed by atoms with E-state index in [0.717, 1.165) is 12.1 Å². The van der Waals surface area contributed by atoms with Gasteiger partial charge in [0.05, 0.1) is 5.56 Å². The first-order chi connectivity index (χ1) is 8.89. The van der Waals surface area contributed by atoms with Gasteiger partial charge >= 0.3 is 6.18 Å². The fourth-order valence-corrected chi connectivity index (χ4v) is 1.62. The van der Waals surface area contributed by atoms with Crippen LogP contribution in [-0.2, 0) is 6.18 Å². The largest absolute Gasteiger partial charge is 0.508 e. The molecule has 1 aromatic heterocycles. The van der Waals surface area contributed by atoms with E-state index in [0.29, 0.717) is 6.07 Å². The van der Waals surface area contributed by atoms with Crippen LogP contribution in [0.3, 0.4) is 0 Å². The van der Waals surface area contributed by atoms with Gasteiger partial charge in [-0.15, -0.1) is 0 Å². The number of ketones is 1. The predicted molar refractivity (Wildman–Crippen MR) is 60.8 cm³/mol. The molecule has 1 aromatic carbocycles. The Labute approximate surface area is 106 Å². The lowest BCUT2D eigenvalue weighted by Crippen LogP contribution is -2.13. The van der Waals surface area contributed by atoms with Crippen molar-refractivity contribution in [2.75, 3.05) is 0 Å². The second kappa shape index (κ2) is 4.72. The summed E-state index contributed by atoms with van der Waals surface area (Å²) in [6.45, 7) is 0. The van der Waals surface area contributed by atoms with Crippen molar-refractivity contribution < 1.29 is 23.1 Å². The Morgan fingerprint density at radius 1 is 1.21 bits per heavy atom. The smallest absolute Gasteiger partial charge is 0.417 e. The van der Waals surface area contributed by atoms with Crippen molar-refractivity contribution in [2.45, 2.75) is 6.18 Å². The number of hydrogen-bond acceptors (Lipinski definition) is 3. The topological polar surface area (TPSA) is 50.2 Å². The molecule has 2 aromatic rings. The van der Waals surface area contributed by atoms with Gasteiger partial charge in [-0.3, -0.25) is 9.78 Å². The second-order valence-corrected chi connectivity index (χ2v) is 3.80. The number of phenols is 1. The Bertz CT molecular complexity index is 609. The van der Waals surface area contributed by atoms with Crippen molar-refractivity contribution in [3.8, 4) is 5.75 Å². The molecule has 19 heavy (non-hydrogen) atoms. The molecule has 0 fully saturated rings.